The first kappa shape index (κ1) is 14.4. The molecule has 1 unspecified atom stereocenters. The van der Waals surface area contributed by atoms with Gasteiger partial charge in [0.25, 0.3) is 0 Å². The van der Waals surface area contributed by atoms with Gasteiger partial charge in [-0.15, -0.1) is 5.10 Å². The van der Waals surface area contributed by atoms with Gasteiger partial charge in [0.15, 0.2) is 5.69 Å². The summed E-state index contributed by atoms with van der Waals surface area (Å²) in [6, 6.07) is -0.405. The van der Waals surface area contributed by atoms with Crippen molar-refractivity contribution in [2.45, 2.75) is 18.9 Å². The lowest BCUT2D eigenvalue weighted by molar-refractivity contribution is -0.129. The molecule has 0 radical (unpaired) electrons. The minimum absolute atomic E-state index is 0.0232. The summed E-state index contributed by atoms with van der Waals surface area (Å²) in [5.74, 6) is -0.578. The number of amides is 1. The van der Waals surface area contributed by atoms with Crippen LogP contribution in [0.5, 0.6) is 0 Å². The predicted molar refractivity (Wildman–Crippen MR) is 68.2 cm³/mol. The van der Waals surface area contributed by atoms with Gasteiger partial charge in [-0.2, -0.15) is 0 Å². The van der Waals surface area contributed by atoms with E-state index >= 15 is 0 Å². The molecule has 1 aliphatic heterocycles. The number of hydrogen-bond acceptors (Lipinski definition) is 6. The fraction of sp³-hybridized carbons (Fsp3) is 0.667. The van der Waals surface area contributed by atoms with Gasteiger partial charge < -0.3 is 14.4 Å². The van der Waals surface area contributed by atoms with Crippen molar-refractivity contribution in [2.24, 2.45) is 0 Å². The van der Waals surface area contributed by atoms with Gasteiger partial charge in [0, 0.05) is 27.1 Å². The Bertz CT molecular complexity index is 514. The van der Waals surface area contributed by atoms with Gasteiger partial charge in [-0.3, -0.25) is 4.79 Å². The topological polar surface area (TPSA) is 86.6 Å². The van der Waals surface area contributed by atoms with Gasteiger partial charge in [-0.25, -0.2) is 9.48 Å². The van der Waals surface area contributed by atoms with Crippen LogP contribution in [0.15, 0.2) is 0 Å². The van der Waals surface area contributed by atoms with Crippen LogP contribution in [0.2, 0.25) is 0 Å². The normalized spacial score (nSPS) is 18.6. The zero-order valence-electron chi connectivity index (χ0n) is 11.8. The van der Waals surface area contributed by atoms with Crippen molar-refractivity contribution in [3.63, 3.8) is 0 Å². The maximum atomic E-state index is 12.1. The Labute approximate surface area is 116 Å². The van der Waals surface area contributed by atoms with Crippen molar-refractivity contribution >= 4 is 11.9 Å². The van der Waals surface area contributed by atoms with E-state index in [9.17, 15) is 9.59 Å². The monoisotopic (exact) mass is 282 g/mol. The third-order valence-electron chi connectivity index (χ3n) is 3.41. The lowest BCUT2D eigenvalue weighted by atomic mass is 10.2. The molecule has 0 N–H and O–H groups in total. The van der Waals surface area contributed by atoms with Gasteiger partial charge >= 0.3 is 5.97 Å². The van der Waals surface area contributed by atoms with Crippen LogP contribution >= 0.6 is 0 Å². The Kier molecular flexibility index (Phi) is 4.33. The average Bonchev–Trinajstić information content (AvgIpc) is 3.00. The molecular weight excluding hydrogens is 264 g/mol. The zero-order valence-corrected chi connectivity index (χ0v) is 11.8. The number of carbonyl (C=O) groups is 2. The molecule has 2 rings (SSSR count). The number of esters is 1. The second-order valence-electron chi connectivity index (χ2n) is 4.63. The van der Waals surface area contributed by atoms with E-state index in [0.717, 1.165) is 0 Å². The maximum Gasteiger partial charge on any atom is 0.360 e. The highest BCUT2D eigenvalue weighted by molar-refractivity contribution is 5.88. The summed E-state index contributed by atoms with van der Waals surface area (Å²) >= 11 is 0. The summed E-state index contributed by atoms with van der Waals surface area (Å²) < 4.78 is 11.2. The Morgan fingerprint density at radius 1 is 1.45 bits per heavy atom. The zero-order chi connectivity index (χ0) is 14.7. The van der Waals surface area contributed by atoms with Gasteiger partial charge in [0.2, 0.25) is 5.91 Å². The Balaban J connectivity index is 2.35. The molecule has 8 nitrogen and oxygen atoms in total. The first-order valence-corrected chi connectivity index (χ1v) is 6.36. The highest BCUT2D eigenvalue weighted by Gasteiger charge is 2.34. The van der Waals surface area contributed by atoms with E-state index < -0.39 is 12.0 Å². The third kappa shape index (κ3) is 2.51. The summed E-state index contributed by atoms with van der Waals surface area (Å²) in [4.78, 5) is 25.4. The molecule has 110 valence electrons. The molecule has 1 fully saturated rings. The second kappa shape index (κ2) is 6.00. The maximum absolute atomic E-state index is 12.1. The number of nitrogens with zero attached hydrogens (tertiary/aromatic N) is 4. The highest BCUT2D eigenvalue weighted by Crippen LogP contribution is 2.24. The molecule has 0 aliphatic carbocycles. The number of carbonyl (C=O) groups excluding carboxylic acids is 2. The number of likely N-dealkylation sites (N-methyl/N-ethyl adjacent to an activating group) is 1. The molecule has 0 spiro atoms. The van der Waals surface area contributed by atoms with Crippen molar-refractivity contribution in [3.05, 3.63) is 11.4 Å². The van der Waals surface area contributed by atoms with Gasteiger partial charge in [0.1, 0.15) is 6.04 Å². The van der Waals surface area contributed by atoms with Crippen LogP contribution in [0.4, 0.5) is 0 Å². The summed E-state index contributed by atoms with van der Waals surface area (Å²) in [6.45, 7) is 1.08. The molecule has 1 aromatic heterocycles. The largest absolute Gasteiger partial charge is 0.464 e. The van der Waals surface area contributed by atoms with E-state index in [0.29, 0.717) is 31.7 Å². The molecular formula is C12H18N4O4. The van der Waals surface area contributed by atoms with Gasteiger partial charge in [-0.1, -0.05) is 5.21 Å². The van der Waals surface area contributed by atoms with Gasteiger partial charge in [-0.05, 0) is 6.42 Å². The van der Waals surface area contributed by atoms with Crippen LogP contribution in [0.1, 0.15) is 28.6 Å². The van der Waals surface area contributed by atoms with E-state index in [1.807, 2.05) is 0 Å². The Hall–Kier alpha value is -1.96. The van der Waals surface area contributed by atoms with Gasteiger partial charge in [0.05, 0.1) is 19.4 Å². The molecule has 1 amide bonds. The molecule has 1 aromatic rings. The van der Waals surface area contributed by atoms with Crippen LogP contribution in [0.3, 0.4) is 0 Å². The Morgan fingerprint density at radius 3 is 2.75 bits per heavy atom. The standard InChI is InChI=1S/C12H18N4O4/c1-15-6-4-9(11(15)17)16-8(5-7-19-2)10(13-14-16)12(18)20-3/h9H,4-7H2,1-3H3. The molecule has 2 heterocycles. The molecule has 0 saturated carbocycles. The average molecular weight is 282 g/mol. The lowest BCUT2D eigenvalue weighted by Crippen LogP contribution is -2.26. The third-order valence-corrected chi connectivity index (χ3v) is 3.41. The van der Waals surface area contributed by atoms with E-state index in [2.05, 4.69) is 15.0 Å². The van der Waals surface area contributed by atoms with Crippen LogP contribution < -0.4 is 0 Å². The van der Waals surface area contributed by atoms with Crippen LogP contribution in [0, 0.1) is 0 Å². The second-order valence-corrected chi connectivity index (χ2v) is 4.63. The van der Waals surface area contributed by atoms with Crippen LogP contribution in [-0.4, -0.2) is 66.2 Å². The van der Waals surface area contributed by atoms with Crippen LogP contribution in [0.25, 0.3) is 0 Å². The highest BCUT2D eigenvalue weighted by atomic mass is 16.5. The number of rotatable bonds is 5. The number of likely N-dealkylation sites (tertiary alicyclic amines) is 1. The molecule has 20 heavy (non-hydrogen) atoms. The molecule has 1 atom stereocenters. The van der Waals surface area contributed by atoms with Crippen molar-refractivity contribution in [1.29, 1.82) is 0 Å². The smallest absolute Gasteiger partial charge is 0.360 e. The summed E-state index contributed by atoms with van der Waals surface area (Å²) in [5.41, 5.74) is 0.722. The van der Waals surface area contributed by atoms with E-state index in [1.54, 1.807) is 19.1 Å². The number of ether oxygens (including phenoxy) is 2. The predicted octanol–water partition coefficient (Wildman–Crippen LogP) is -0.343. The van der Waals surface area contributed by atoms with E-state index in [-0.39, 0.29) is 11.6 Å². The molecule has 0 aromatic carbocycles. The summed E-state index contributed by atoms with van der Waals surface area (Å²) in [7, 11) is 4.60. The first-order valence-electron chi connectivity index (χ1n) is 6.36. The summed E-state index contributed by atoms with van der Waals surface area (Å²) in [6.07, 6.45) is 1.10. The molecule has 1 saturated heterocycles. The van der Waals surface area contributed by atoms with Crippen molar-refractivity contribution in [1.82, 2.24) is 19.9 Å². The number of aromatic nitrogens is 3. The van der Waals surface area contributed by atoms with E-state index in [1.165, 1.54) is 11.8 Å². The lowest BCUT2D eigenvalue weighted by Gasteiger charge is -2.13. The number of methoxy groups -OCH3 is 2. The molecule has 1 aliphatic rings. The minimum atomic E-state index is -0.554. The molecule has 8 heteroatoms. The summed E-state index contributed by atoms with van der Waals surface area (Å²) in [5, 5.41) is 7.82. The van der Waals surface area contributed by atoms with E-state index in [4.69, 9.17) is 4.74 Å². The van der Waals surface area contributed by atoms with Crippen molar-refractivity contribution in [3.8, 4) is 0 Å². The molecule has 0 bridgehead atoms. The first-order chi connectivity index (χ1) is 9.60. The van der Waals surface area contributed by atoms with Crippen LogP contribution in [-0.2, 0) is 20.7 Å². The Morgan fingerprint density at radius 2 is 2.20 bits per heavy atom. The van der Waals surface area contributed by atoms with Crippen molar-refractivity contribution < 1.29 is 19.1 Å². The quantitative estimate of drug-likeness (QED) is 0.686. The van der Waals surface area contributed by atoms with Crippen molar-refractivity contribution in [2.75, 3.05) is 34.4 Å². The fourth-order valence-corrected chi connectivity index (χ4v) is 2.28. The SMILES string of the molecule is COCCc1c(C(=O)OC)nnn1C1CCN(C)C1=O. The minimum Gasteiger partial charge on any atom is -0.464 e. The fourth-order valence-electron chi connectivity index (χ4n) is 2.28. The number of hydrogen-bond donors (Lipinski definition) is 0.